The number of benzene rings is 2. The molecule has 0 aliphatic carbocycles. The molecule has 0 aromatic heterocycles. The number of hydrogen-bond acceptors (Lipinski definition) is 5. The zero-order valence-electron chi connectivity index (χ0n) is 12.9. The highest BCUT2D eigenvalue weighted by molar-refractivity contribution is 7.93. The summed E-state index contributed by atoms with van der Waals surface area (Å²) in [5.41, 5.74) is 1.04. The molecule has 7 nitrogen and oxygen atoms in total. The van der Waals surface area contributed by atoms with Crippen LogP contribution in [-0.4, -0.2) is 31.6 Å². The fourth-order valence-corrected chi connectivity index (χ4v) is 4.97. The molecule has 1 aliphatic heterocycles. The van der Waals surface area contributed by atoms with Gasteiger partial charge in [-0.2, -0.15) is 0 Å². The number of aliphatic hydroxyl groups excluding tert-OH is 1. The molecule has 1 unspecified atom stereocenters. The van der Waals surface area contributed by atoms with Crippen LogP contribution in [0.25, 0.3) is 0 Å². The van der Waals surface area contributed by atoms with Gasteiger partial charge in [-0.15, -0.1) is 0 Å². The number of aryl methyl sites for hydroxylation is 1. The van der Waals surface area contributed by atoms with Gasteiger partial charge in [0.1, 0.15) is 0 Å². The Bertz CT molecular complexity index is 910. The van der Waals surface area contributed by atoms with Gasteiger partial charge in [-0.3, -0.25) is 14.4 Å². The third-order valence-electron chi connectivity index (χ3n) is 4.19. The third kappa shape index (κ3) is 2.44. The maximum absolute atomic E-state index is 13.1. The summed E-state index contributed by atoms with van der Waals surface area (Å²) in [6.45, 7) is 1.40. The zero-order valence-corrected chi connectivity index (χ0v) is 13.7. The number of sulfonamides is 1. The molecule has 0 amide bonds. The minimum Gasteiger partial charge on any atom is -0.396 e. The van der Waals surface area contributed by atoms with Gasteiger partial charge in [0, 0.05) is 18.5 Å². The second-order valence-electron chi connectivity index (χ2n) is 5.65. The van der Waals surface area contributed by atoms with E-state index >= 15 is 0 Å². The summed E-state index contributed by atoms with van der Waals surface area (Å²) in [5, 5.41) is 20.8. The van der Waals surface area contributed by atoms with E-state index in [4.69, 9.17) is 0 Å². The maximum Gasteiger partial charge on any atom is 0.290 e. The molecular weight excluding hydrogens is 332 g/mol. The van der Waals surface area contributed by atoms with E-state index in [1.54, 1.807) is 24.3 Å². The van der Waals surface area contributed by atoms with Crippen molar-refractivity contribution < 1.29 is 18.4 Å². The number of anilines is 1. The average Bonchev–Trinajstić information content (AvgIpc) is 2.94. The fourth-order valence-electron chi connectivity index (χ4n) is 3.07. The van der Waals surface area contributed by atoms with E-state index in [-0.39, 0.29) is 24.0 Å². The Kier molecular flexibility index (Phi) is 4.02. The van der Waals surface area contributed by atoms with Gasteiger partial charge in [-0.05, 0) is 24.1 Å². The molecule has 1 N–H and O–H groups in total. The molecule has 1 aliphatic rings. The predicted molar refractivity (Wildman–Crippen MR) is 88.6 cm³/mol. The number of nitro groups is 1. The predicted octanol–water partition coefficient (Wildman–Crippen LogP) is 2.19. The van der Waals surface area contributed by atoms with Gasteiger partial charge in [0.05, 0.1) is 17.2 Å². The van der Waals surface area contributed by atoms with E-state index in [9.17, 15) is 23.6 Å². The van der Waals surface area contributed by atoms with E-state index in [0.29, 0.717) is 11.3 Å². The summed E-state index contributed by atoms with van der Waals surface area (Å²) >= 11 is 0. The highest BCUT2D eigenvalue weighted by atomic mass is 32.2. The monoisotopic (exact) mass is 348 g/mol. The van der Waals surface area contributed by atoms with E-state index in [1.165, 1.54) is 25.1 Å². The number of aliphatic hydroxyl groups is 1. The Morgan fingerprint density at radius 2 is 1.96 bits per heavy atom. The SMILES string of the molecule is Cc1cccc([N+](=O)[O-])c1S(=O)(=O)N1CC(CO)c2ccccc21. The molecule has 1 atom stereocenters. The normalized spacial score (nSPS) is 16.9. The van der Waals surface area contributed by atoms with Crippen LogP contribution in [0.5, 0.6) is 0 Å². The highest BCUT2D eigenvalue weighted by Gasteiger charge is 2.39. The van der Waals surface area contributed by atoms with Crippen LogP contribution in [0.3, 0.4) is 0 Å². The number of rotatable bonds is 4. The molecule has 2 aromatic carbocycles. The Morgan fingerprint density at radius 1 is 1.25 bits per heavy atom. The maximum atomic E-state index is 13.1. The number of nitro benzene ring substituents is 1. The van der Waals surface area contributed by atoms with Crippen molar-refractivity contribution in [3.05, 3.63) is 63.7 Å². The lowest BCUT2D eigenvalue weighted by molar-refractivity contribution is -0.387. The van der Waals surface area contributed by atoms with Crippen LogP contribution in [-0.2, 0) is 10.0 Å². The highest BCUT2D eigenvalue weighted by Crippen LogP contribution is 2.41. The largest absolute Gasteiger partial charge is 0.396 e. The molecule has 3 rings (SSSR count). The minimum atomic E-state index is -4.12. The summed E-state index contributed by atoms with van der Waals surface area (Å²) in [4.78, 5) is 10.3. The molecule has 126 valence electrons. The molecule has 24 heavy (non-hydrogen) atoms. The van der Waals surface area contributed by atoms with Crippen molar-refractivity contribution in [3.63, 3.8) is 0 Å². The van der Waals surface area contributed by atoms with Crippen molar-refractivity contribution in [2.45, 2.75) is 17.7 Å². The van der Waals surface area contributed by atoms with E-state index in [1.807, 2.05) is 0 Å². The topological polar surface area (TPSA) is 101 Å². The minimum absolute atomic E-state index is 0.0592. The van der Waals surface area contributed by atoms with E-state index in [0.717, 1.165) is 9.87 Å². The molecule has 2 aromatic rings. The van der Waals surface area contributed by atoms with Crippen molar-refractivity contribution in [2.24, 2.45) is 0 Å². The van der Waals surface area contributed by atoms with Gasteiger partial charge < -0.3 is 5.11 Å². The van der Waals surface area contributed by atoms with Crippen molar-refractivity contribution in [1.29, 1.82) is 0 Å². The lowest BCUT2D eigenvalue weighted by Gasteiger charge is -2.21. The zero-order chi connectivity index (χ0) is 17.5. The van der Waals surface area contributed by atoms with Crippen molar-refractivity contribution >= 4 is 21.4 Å². The summed E-state index contributed by atoms with van der Waals surface area (Å²) in [6, 6.07) is 11.1. The molecule has 0 radical (unpaired) electrons. The van der Waals surface area contributed by atoms with Gasteiger partial charge in [0.25, 0.3) is 15.7 Å². The second-order valence-corrected chi connectivity index (χ2v) is 7.45. The van der Waals surface area contributed by atoms with Gasteiger partial charge in [0.15, 0.2) is 4.90 Å². The van der Waals surface area contributed by atoms with Gasteiger partial charge in [0.2, 0.25) is 0 Å². The molecule has 0 saturated heterocycles. The lowest BCUT2D eigenvalue weighted by atomic mass is 10.0. The first-order valence-corrected chi connectivity index (χ1v) is 8.78. The summed E-state index contributed by atoms with van der Waals surface area (Å²) in [6.07, 6.45) is 0. The Morgan fingerprint density at radius 3 is 2.62 bits per heavy atom. The van der Waals surface area contributed by atoms with Crippen LogP contribution in [0.15, 0.2) is 47.4 Å². The van der Waals surface area contributed by atoms with Crippen molar-refractivity contribution in [2.75, 3.05) is 17.5 Å². The van der Waals surface area contributed by atoms with Crippen LogP contribution in [0, 0.1) is 17.0 Å². The van der Waals surface area contributed by atoms with Crippen LogP contribution < -0.4 is 4.31 Å². The Balaban J connectivity index is 2.20. The molecule has 8 heteroatoms. The fraction of sp³-hybridized carbons (Fsp3) is 0.250. The van der Waals surface area contributed by atoms with Gasteiger partial charge in [-0.1, -0.05) is 30.3 Å². The van der Waals surface area contributed by atoms with E-state index < -0.39 is 20.6 Å². The average molecular weight is 348 g/mol. The first kappa shape index (κ1) is 16.4. The second kappa shape index (κ2) is 5.88. The van der Waals surface area contributed by atoms with E-state index in [2.05, 4.69) is 0 Å². The quantitative estimate of drug-likeness (QED) is 0.674. The first-order valence-electron chi connectivity index (χ1n) is 7.34. The number of nitrogens with zero attached hydrogens (tertiary/aromatic N) is 2. The van der Waals surface area contributed by atoms with Crippen molar-refractivity contribution in [1.82, 2.24) is 0 Å². The Hall–Kier alpha value is -2.45. The summed E-state index contributed by atoms with van der Waals surface area (Å²) in [5.74, 6) is -0.348. The van der Waals surface area contributed by atoms with Crippen LogP contribution in [0.4, 0.5) is 11.4 Å². The molecule has 0 fully saturated rings. The molecule has 0 bridgehead atoms. The van der Waals surface area contributed by atoms with Crippen LogP contribution >= 0.6 is 0 Å². The van der Waals surface area contributed by atoms with Crippen LogP contribution in [0.2, 0.25) is 0 Å². The van der Waals surface area contributed by atoms with Gasteiger partial charge in [-0.25, -0.2) is 8.42 Å². The van der Waals surface area contributed by atoms with Crippen molar-refractivity contribution in [3.8, 4) is 0 Å². The molecular formula is C16H16N2O5S. The van der Waals surface area contributed by atoms with Crippen LogP contribution in [0.1, 0.15) is 17.0 Å². The summed E-state index contributed by atoms with van der Waals surface area (Å²) < 4.78 is 27.4. The summed E-state index contributed by atoms with van der Waals surface area (Å²) in [7, 11) is -4.12. The number of para-hydroxylation sites is 1. The molecule has 0 spiro atoms. The third-order valence-corrected chi connectivity index (χ3v) is 6.16. The number of hydrogen-bond donors (Lipinski definition) is 1. The Labute approximate surface area is 139 Å². The van der Waals surface area contributed by atoms with Gasteiger partial charge >= 0.3 is 0 Å². The molecule has 0 saturated carbocycles. The number of fused-ring (bicyclic) bond motifs is 1. The standard InChI is InChI=1S/C16H16N2O5S/c1-11-5-4-8-15(18(20)21)16(11)24(22,23)17-9-12(10-19)13-6-2-3-7-14(13)17/h2-8,12,19H,9-10H2,1H3. The smallest absolute Gasteiger partial charge is 0.290 e. The lowest BCUT2D eigenvalue weighted by Crippen LogP contribution is -2.31. The molecule has 1 heterocycles. The first-order chi connectivity index (χ1) is 11.4.